The van der Waals surface area contributed by atoms with Crippen LogP contribution in [0.3, 0.4) is 0 Å². The van der Waals surface area contributed by atoms with E-state index in [1.54, 1.807) is 0 Å². The molecule has 0 radical (unpaired) electrons. The number of rotatable bonds is 4. The smallest absolute Gasteiger partial charge is 0.320 e. The van der Waals surface area contributed by atoms with Gasteiger partial charge in [0.1, 0.15) is 6.04 Å². The Kier molecular flexibility index (Phi) is 3.06. The maximum Gasteiger partial charge on any atom is 0.320 e. The maximum atomic E-state index is 11.1. The summed E-state index contributed by atoms with van der Waals surface area (Å²) >= 11 is 0. The third-order valence-electron chi connectivity index (χ3n) is 3.66. The Morgan fingerprint density at radius 2 is 1.79 bits per heavy atom. The molecule has 0 aromatic carbocycles. The summed E-state index contributed by atoms with van der Waals surface area (Å²) in [5.41, 5.74) is 0. The van der Waals surface area contributed by atoms with Gasteiger partial charge in [0.25, 0.3) is 0 Å². The van der Waals surface area contributed by atoms with Crippen molar-refractivity contribution < 1.29 is 9.90 Å². The molecular formula is C11H19NO2. The normalized spacial score (nSPS) is 26.0. The Labute approximate surface area is 84.9 Å². The van der Waals surface area contributed by atoms with E-state index in [2.05, 4.69) is 5.32 Å². The van der Waals surface area contributed by atoms with Gasteiger partial charge in [0.05, 0.1) is 0 Å². The number of carboxylic acid groups (broad SMARTS) is 1. The molecule has 0 aromatic rings. The predicted molar refractivity (Wildman–Crippen MR) is 54.2 cm³/mol. The molecule has 2 aliphatic rings. The quantitative estimate of drug-likeness (QED) is 0.722. The largest absolute Gasteiger partial charge is 0.480 e. The SMILES string of the molecule is O=C(O)C(NC1CCC1)C1CCCC1. The molecule has 1 unspecified atom stereocenters. The van der Waals surface area contributed by atoms with Crippen molar-refractivity contribution in [3.8, 4) is 0 Å². The Hall–Kier alpha value is -0.570. The van der Waals surface area contributed by atoms with Crippen LogP contribution in [0.15, 0.2) is 0 Å². The van der Waals surface area contributed by atoms with Crippen molar-refractivity contribution in [2.45, 2.75) is 57.0 Å². The molecule has 0 spiro atoms. The summed E-state index contributed by atoms with van der Waals surface area (Å²) in [7, 11) is 0. The second-order valence-corrected chi connectivity index (χ2v) is 4.65. The minimum atomic E-state index is -0.649. The Bertz CT molecular complexity index is 207. The summed E-state index contributed by atoms with van der Waals surface area (Å²) in [6.07, 6.45) is 8.19. The zero-order valence-electron chi connectivity index (χ0n) is 8.54. The fraction of sp³-hybridized carbons (Fsp3) is 0.909. The lowest BCUT2D eigenvalue weighted by Gasteiger charge is -2.32. The highest BCUT2D eigenvalue weighted by Crippen LogP contribution is 2.29. The van der Waals surface area contributed by atoms with Crippen LogP contribution in [-0.4, -0.2) is 23.2 Å². The predicted octanol–water partition coefficient (Wildman–Crippen LogP) is 1.77. The van der Waals surface area contributed by atoms with Gasteiger partial charge in [-0.1, -0.05) is 19.3 Å². The van der Waals surface area contributed by atoms with Crippen molar-refractivity contribution in [3.63, 3.8) is 0 Å². The first-order valence-corrected chi connectivity index (χ1v) is 5.76. The summed E-state index contributed by atoms with van der Waals surface area (Å²) in [4.78, 5) is 11.1. The van der Waals surface area contributed by atoms with E-state index in [4.69, 9.17) is 5.11 Å². The number of hydrogen-bond acceptors (Lipinski definition) is 2. The van der Waals surface area contributed by atoms with Gasteiger partial charge in [0.2, 0.25) is 0 Å². The van der Waals surface area contributed by atoms with E-state index in [0.717, 1.165) is 25.7 Å². The van der Waals surface area contributed by atoms with E-state index < -0.39 is 5.97 Å². The second kappa shape index (κ2) is 4.30. The van der Waals surface area contributed by atoms with Crippen LogP contribution in [0.5, 0.6) is 0 Å². The molecule has 0 saturated heterocycles. The fourth-order valence-electron chi connectivity index (χ4n) is 2.53. The van der Waals surface area contributed by atoms with Gasteiger partial charge < -0.3 is 10.4 Å². The van der Waals surface area contributed by atoms with Gasteiger partial charge in [-0.25, -0.2) is 0 Å². The van der Waals surface area contributed by atoms with E-state index in [1.807, 2.05) is 0 Å². The molecule has 0 aliphatic heterocycles. The number of hydrogen-bond donors (Lipinski definition) is 2. The topological polar surface area (TPSA) is 49.3 Å². The van der Waals surface area contributed by atoms with Crippen LogP contribution in [0.25, 0.3) is 0 Å². The molecule has 3 nitrogen and oxygen atoms in total. The van der Waals surface area contributed by atoms with Gasteiger partial charge in [0, 0.05) is 6.04 Å². The van der Waals surface area contributed by atoms with E-state index in [9.17, 15) is 4.79 Å². The average molecular weight is 197 g/mol. The lowest BCUT2D eigenvalue weighted by atomic mass is 9.89. The Morgan fingerprint density at radius 1 is 1.14 bits per heavy atom. The molecule has 2 N–H and O–H groups in total. The van der Waals surface area contributed by atoms with Crippen LogP contribution >= 0.6 is 0 Å². The standard InChI is InChI=1S/C11H19NO2/c13-11(14)10(8-4-1-2-5-8)12-9-6-3-7-9/h8-10,12H,1-7H2,(H,13,14). The van der Waals surface area contributed by atoms with Gasteiger partial charge >= 0.3 is 5.97 Å². The lowest BCUT2D eigenvalue weighted by molar-refractivity contribution is -0.141. The van der Waals surface area contributed by atoms with Crippen LogP contribution in [0.2, 0.25) is 0 Å². The Balaban J connectivity index is 1.88. The van der Waals surface area contributed by atoms with Crippen LogP contribution < -0.4 is 5.32 Å². The molecule has 0 bridgehead atoms. The van der Waals surface area contributed by atoms with E-state index >= 15 is 0 Å². The fourth-order valence-corrected chi connectivity index (χ4v) is 2.53. The first kappa shape index (κ1) is 9.97. The van der Waals surface area contributed by atoms with Crippen LogP contribution in [0.1, 0.15) is 44.9 Å². The molecule has 0 aromatic heterocycles. The van der Waals surface area contributed by atoms with Crippen LogP contribution in [0.4, 0.5) is 0 Å². The average Bonchev–Trinajstić information content (AvgIpc) is 2.53. The second-order valence-electron chi connectivity index (χ2n) is 4.65. The third-order valence-corrected chi connectivity index (χ3v) is 3.66. The van der Waals surface area contributed by atoms with Crippen LogP contribution in [-0.2, 0) is 4.79 Å². The number of carbonyl (C=O) groups is 1. The van der Waals surface area contributed by atoms with Crippen molar-refractivity contribution in [3.05, 3.63) is 0 Å². The van der Waals surface area contributed by atoms with Crippen molar-refractivity contribution in [1.82, 2.24) is 5.32 Å². The van der Waals surface area contributed by atoms with Gasteiger partial charge in [-0.15, -0.1) is 0 Å². The van der Waals surface area contributed by atoms with Crippen molar-refractivity contribution in [1.29, 1.82) is 0 Å². The third kappa shape index (κ3) is 2.08. The van der Waals surface area contributed by atoms with Crippen molar-refractivity contribution in [2.24, 2.45) is 5.92 Å². The highest BCUT2D eigenvalue weighted by Gasteiger charge is 2.33. The summed E-state index contributed by atoms with van der Waals surface area (Å²) in [5, 5.41) is 12.4. The summed E-state index contributed by atoms with van der Waals surface area (Å²) in [6.45, 7) is 0. The maximum absolute atomic E-state index is 11.1. The van der Waals surface area contributed by atoms with Gasteiger partial charge in [0.15, 0.2) is 0 Å². The highest BCUT2D eigenvalue weighted by molar-refractivity contribution is 5.74. The molecule has 80 valence electrons. The van der Waals surface area contributed by atoms with E-state index in [1.165, 1.54) is 19.3 Å². The molecule has 3 heteroatoms. The number of nitrogens with one attached hydrogen (secondary N) is 1. The van der Waals surface area contributed by atoms with Crippen molar-refractivity contribution in [2.75, 3.05) is 0 Å². The minimum Gasteiger partial charge on any atom is -0.480 e. The molecule has 0 amide bonds. The van der Waals surface area contributed by atoms with E-state index in [-0.39, 0.29) is 6.04 Å². The molecule has 2 rings (SSSR count). The zero-order valence-corrected chi connectivity index (χ0v) is 8.54. The summed E-state index contributed by atoms with van der Waals surface area (Å²) in [5.74, 6) is -0.267. The summed E-state index contributed by atoms with van der Waals surface area (Å²) < 4.78 is 0. The molecule has 2 saturated carbocycles. The molecule has 0 heterocycles. The van der Waals surface area contributed by atoms with Gasteiger partial charge in [-0.3, -0.25) is 4.79 Å². The van der Waals surface area contributed by atoms with Crippen molar-refractivity contribution >= 4 is 5.97 Å². The molecule has 2 aliphatic carbocycles. The van der Waals surface area contributed by atoms with Gasteiger partial charge in [-0.2, -0.15) is 0 Å². The monoisotopic (exact) mass is 197 g/mol. The molecule has 1 atom stereocenters. The molecular weight excluding hydrogens is 178 g/mol. The van der Waals surface area contributed by atoms with Gasteiger partial charge in [-0.05, 0) is 31.6 Å². The highest BCUT2D eigenvalue weighted by atomic mass is 16.4. The van der Waals surface area contributed by atoms with Crippen LogP contribution in [0, 0.1) is 5.92 Å². The lowest BCUT2D eigenvalue weighted by Crippen LogP contribution is -2.49. The Morgan fingerprint density at radius 3 is 2.21 bits per heavy atom. The number of carboxylic acids is 1. The molecule has 14 heavy (non-hydrogen) atoms. The molecule has 2 fully saturated rings. The van der Waals surface area contributed by atoms with E-state index in [0.29, 0.717) is 12.0 Å². The first-order chi connectivity index (χ1) is 6.77. The first-order valence-electron chi connectivity index (χ1n) is 5.76. The zero-order chi connectivity index (χ0) is 9.97. The number of aliphatic carboxylic acids is 1. The minimum absolute atomic E-state index is 0.275. The summed E-state index contributed by atoms with van der Waals surface area (Å²) in [6, 6.07) is 0.208.